The van der Waals surface area contributed by atoms with Crippen LogP contribution in [0.1, 0.15) is 47.5 Å². The Morgan fingerprint density at radius 1 is 1.39 bits per heavy atom. The average molecular weight is 329 g/mol. The maximum Gasteiger partial charge on any atom is 0.408 e. The minimum Gasteiger partial charge on any atom is -0.444 e. The first-order chi connectivity index (χ1) is 10.6. The van der Waals surface area contributed by atoms with E-state index in [1.54, 1.807) is 34.6 Å². The largest absolute Gasteiger partial charge is 0.444 e. The van der Waals surface area contributed by atoms with Crippen LogP contribution in [0.25, 0.3) is 0 Å². The van der Waals surface area contributed by atoms with E-state index in [0.717, 1.165) is 0 Å². The van der Waals surface area contributed by atoms with Crippen LogP contribution in [0.15, 0.2) is 0 Å². The lowest BCUT2D eigenvalue weighted by atomic mass is 10.1. The SMILES string of the molecule is CC(C)(C)OC(=O)N[C@@H](COCC1CC1)C1OC(C)(C)OC1=O. The molecular formula is C16H27NO6. The summed E-state index contributed by atoms with van der Waals surface area (Å²) in [7, 11) is 0. The van der Waals surface area contributed by atoms with Crippen LogP contribution >= 0.6 is 0 Å². The van der Waals surface area contributed by atoms with Crippen LogP contribution in [-0.4, -0.2) is 48.8 Å². The minimum atomic E-state index is -1.01. The molecule has 2 atom stereocenters. The molecule has 0 spiro atoms. The van der Waals surface area contributed by atoms with E-state index >= 15 is 0 Å². The number of hydrogen-bond acceptors (Lipinski definition) is 6. The number of alkyl carbamates (subject to hydrolysis) is 1. The molecule has 1 N–H and O–H groups in total. The predicted octanol–water partition coefficient (Wildman–Crippen LogP) is 1.98. The molecule has 1 unspecified atom stereocenters. The quantitative estimate of drug-likeness (QED) is 0.750. The summed E-state index contributed by atoms with van der Waals surface area (Å²) in [5.41, 5.74) is -0.625. The molecule has 0 radical (unpaired) electrons. The number of nitrogens with one attached hydrogen (secondary N) is 1. The average Bonchev–Trinajstić information content (AvgIpc) is 3.11. The van der Waals surface area contributed by atoms with Gasteiger partial charge in [0.25, 0.3) is 0 Å². The molecule has 7 nitrogen and oxygen atoms in total. The Balaban J connectivity index is 1.95. The number of esters is 1. The van der Waals surface area contributed by atoms with Gasteiger partial charge >= 0.3 is 12.1 Å². The zero-order valence-corrected chi connectivity index (χ0v) is 14.5. The van der Waals surface area contributed by atoms with E-state index < -0.39 is 35.6 Å². The summed E-state index contributed by atoms with van der Waals surface area (Å²) in [5, 5.41) is 2.67. The van der Waals surface area contributed by atoms with E-state index in [9.17, 15) is 9.59 Å². The van der Waals surface area contributed by atoms with Crippen molar-refractivity contribution in [3.63, 3.8) is 0 Å². The van der Waals surface area contributed by atoms with Crippen molar-refractivity contribution in [3.05, 3.63) is 0 Å². The summed E-state index contributed by atoms with van der Waals surface area (Å²) in [4.78, 5) is 24.0. The van der Waals surface area contributed by atoms with E-state index in [4.69, 9.17) is 18.9 Å². The van der Waals surface area contributed by atoms with Gasteiger partial charge in [0, 0.05) is 20.5 Å². The van der Waals surface area contributed by atoms with E-state index in [1.807, 2.05) is 0 Å². The van der Waals surface area contributed by atoms with Crippen LogP contribution in [0.4, 0.5) is 4.79 Å². The number of rotatable bonds is 6. The Kier molecular flexibility index (Phi) is 5.20. The number of ether oxygens (including phenoxy) is 4. The third kappa shape index (κ3) is 5.99. The number of hydrogen-bond donors (Lipinski definition) is 1. The van der Waals surface area contributed by atoms with Crippen molar-refractivity contribution in [1.82, 2.24) is 5.32 Å². The van der Waals surface area contributed by atoms with Crippen molar-refractivity contribution < 1.29 is 28.5 Å². The summed E-state index contributed by atoms with van der Waals surface area (Å²) in [6.07, 6.45) is 0.813. The molecule has 0 aromatic heterocycles. The summed E-state index contributed by atoms with van der Waals surface area (Å²) in [6, 6.07) is -0.655. The van der Waals surface area contributed by atoms with E-state index in [1.165, 1.54) is 12.8 Å². The third-order valence-electron chi connectivity index (χ3n) is 3.40. The number of carbonyl (C=O) groups excluding carboxylic acids is 2. The summed E-state index contributed by atoms with van der Waals surface area (Å²) >= 11 is 0. The van der Waals surface area contributed by atoms with Gasteiger partial charge in [-0.05, 0) is 39.5 Å². The fraction of sp³-hybridized carbons (Fsp3) is 0.875. The molecular weight excluding hydrogens is 302 g/mol. The van der Waals surface area contributed by atoms with Gasteiger partial charge in [-0.3, -0.25) is 0 Å². The Bertz CT molecular complexity index is 452. The molecule has 0 bridgehead atoms. The van der Waals surface area contributed by atoms with Gasteiger partial charge in [-0.1, -0.05) is 0 Å². The second-order valence-electron chi connectivity index (χ2n) is 7.59. The maximum atomic E-state index is 12.0. The highest BCUT2D eigenvalue weighted by molar-refractivity contribution is 5.79. The van der Waals surface area contributed by atoms with Crippen molar-refractivity contribution >= 4 is 12.1 Å². The fourth-order valence-corrected chi connectivity index (χ4v) is 2.23. The van der Waals surface area contributed by atoms with Gasteiger partial charge in [-0.25, -0.2) is 9.59 Å². The summed E-state index contributed by atoms with van der Waals surface area (Å²) in [5.74, 6) is -0.928. The molecule has 1 saturated carbocycles. The lowest BCUT2D eigenvalue weighted by Gasteiger charge is -2.26. The van der Waals surface area contributed by atoms with Crippen LogP contribution in [0.3, 0.4) is 0 Å². The van der Waals surface area contributed by atoms with Crippen LogP contribution in [0.2, 0.25) is 0 Å². The zero-order valence-electron chi connectivity index (χ0n) is 14.5. The Labute approximate surface area is 137 Å². The highest BCUT2D eigenvalue weighted by atomic mass is 16.8. The number of amides is 1. The Morgan fingerprint density at radius 2 is 2.04 bits per heavy atom. The van der Waals surface area contributed by atoms with E-state index in [0.29, 0.717) is 12.5 Å². The van der Waals surface area contributed by atoms with Gasteiger partial charge in [0.15, 0.2) is 6.10 Å². The van der Waals surface area contributed by atoms with Crippen molar-refractivity contribution in [2.45, 2.75) is 71.0 Å². The zero-order chi connectivity index (χ0) is 17.3. The Morgan fingerprint density at radius 3 is 2.52 bits per heavy atom. The second-order valence-corrected chi connectivity index (χ2v) is 7.59. The number of carbonyl (C=O) groups is 2. The molecule has 23 heavy (non-hydrogen) atoms. The normalized spacial score (nSPS) is 24.9. The fourth-order valence-electron chi connectivity index (χ4n) is 2.23. The van der Waals surface area contributed by atoms with Crippen molar-refractivity contribution in [2.75, 3.05) is 13.2 Å². The molecule has 1 heterocycles. The first kappa shape index (κ1) is 18.0. The summed E-state index contributed by atoms with van der Waals surface area (Å²) < 4.78 is 21.6. The maximum absolute atomic E-state index is 12.0. The first-order valence-corrected chi connectivity index (χ1v) is 8.04. The molecule has 2 aliphatic rings. The predicted molar refractivity (Wildman–Crippen MR) is 81.7 cm³/mol. The minimum absolute atomic E-state index is 0.172. The molecule has 132 valence electrons. The van der Waals surface area contributed by atoms with Crippen LogP contribution in [0, 0.1) is 5.92 Å². The number of cyclic esters (lactones) is 1. The van der Waals surface area contributed by atoms with Gasteiger partial charge in [0.2, 0.25) is 5.79 Å². The van der Waals surface area contributed by atoms with Gasteiger partial charge in [-0.15, -0.1) is 0 Å². The first-order valence-electron chi connectivity index (χ1n) is 8.04. The van der Waals surface area contributed by atoms with Crippen molar-refractivity contribution in [3.8, 4) is 0 Å². The van der Waals surface area contributed by atoms with Crippen molar-refractivity contribution in [1.29, 1.82) is 0 Å². The highest BCUT2D eigenvalue weighted by Crippen LogP contribution is 2.29. The van der Waals surface area contributed by atoms with Gasteiger partial charge < -0.3 is 24.3 Å². The Hall–Kier alpha value is -1.34. The smallest absolute Gasteiger partial charge is 0.408 e. The molecule has 1 saturated heterocycles. The molecule has 1 aliphatic heterocycles. The monoisotopic (exact) mass is 329 g/mol. The second kappa shape index (κ2) is 6.65. The molecule has 0 aromatic carbocycles. The topological polar surface area (TPSA) is 83.1 Å². The van der Waals surface area contributed by atoms with E-state index in [-0.39, 0.29) is 6.61 Å². The van der Waals surface area contributed by atoms with Crippen LogP contribution < -0.4 is 5.32 Å². The van der Waals surface area contributed by atoms with Gasteiger partial charge in [0.1, 0.15) is 5.60 Å². The molecule has 1 amide bonds. The molecule has 7 heteroatoms. The van der Waals surface area contributed by atoms with Crippen LogP contribution in [0.5, 0.6) is 0 Å². The summed E-state index contributed by atoms with van der Waals surface area (Å²) in [6.45, 7) is 9.42. The molecule has 2 rings (SSSR count). The van der Waals surface area contributed by atoms with Crippen molar-refractivity contribution in [2.24, 2.45) is 5.92 Å². The van der Waals surface area contributed by atoms with Crippen LogP contribution in [-0.2, 0) is 23.7 Å². The molecule has 2 fully saturated rings. The van der Waals surface area contributed by atoms with Gasteiger partial charge in [0.05, 0.1) is 12.6 Å². The lowest BCUT2D eigenvalue weighted by Crippen LogP contribution is -2.50. The molecule has 0 aromatic rings. The standard InChI is InChI=1S/C16H27NO6/c1-15(2,3)23-14(19)17-11(9-20-8-10-6-7-10)12-13(18)22-16(4,5)21-12/h10-12H,6-9H2,1-5H3,(H,17,19)/t11-,12?/m0/s1. The van der Waals surface area contributed by atoms with E-state index in [2.05, 4.69) is 5.32 Å². The third-order valence-corrected chi connectivity index (χ3v) is 3.40. The van der Waals surface area contributed by atoms with Gasteiger partial charge in [-0.2, -0.15) is 0 Å². The lowest BCUT2D eigenvalue weighted by molar-refractivity contribution is -0.161. The highest BCUT2D eigenvalue weighted by Gasteiger charge is 2.46. The molecule has 1 aliphatic carbocycles.